The molecule has 1 aliphatic carbocycles. The highest BCUT2D eigenvalue weighted by Gasteiger charge is 2.42. The number of halogens is 1. The highest BCUT2D eigenvalue weighted by atomic mass is 19.1. The van der Waals surface area contributed by atoms with Crippen LogP contribution in [0.1, 0.15) is 31.7 Å². The molecule has 1 aromatic rings. The van der Waals surface area contributed by atoms with Crippen molar-refractivity contribution in [2.75, 3.05) is 6.54 Å². The van der Waals surface area contributed by atoms with Gasteiger partial charge in [-0.1, -0.05) is 24.6 Å². The fraction of sp³-hybridized carbons (Fsp3) is 0.533. The molecule has 2 atom stereocenters. The number of carbonyl (C=O) groups is 1. The van der Waals surface area contributed by atoms with Gasteiger partial charge in [0.05, 0.1) is 5.41 Å². The third-order valence-electron chi connectivity index (χ3n) is 4.19. The Hall–Kier alpha value is -1.42. The molecule has 1 amide bonds. The summed E-state index contributed by atoms with van der Waals surface area (Å²) in [5.41, 5.74) is 6.17. The summed E-state index contributed by atoms with van der Waals surface area (Å²) in [5, 5.41) is 2.89. The first kappa shape index (κ1) is 14.0. The Bertz CT molecular complexity index is 463. The maximum Gasteiger partial charge on any atom is 0.227 e. The zero-order chi connectivity index (χ0) is 13.9. The van der Waals surface area contributed by atoms with Gasteiger partial charge in [-0.3, -0.25) is 4.79 Å². The van der Waals surface area contributed by atoms with Crippen molar-refractivity contribution in [1.82, 2.24) is 5.32 Å². The van der Waals surface area contributed by atoms with Crippen molar-refractivity contribution < 1.29 is 9.18 Å². The Morgan fingerprint density at radius 3 is 2.89 bits per heavy atom. The van der Waals surface area contributed by atoms with Gasteiger partial charge in [-0.25, -0.2) is 4.39 Å². The summed E-state index contributed by atoms with van der Waals surface area (Å²) < 4.78 is 13.4. The van der Waals surface area contributed by atoms with E-state index in [-0.39, 0.29) is 17.8 Å². The van der Waals surface area contributed by atoms with Gasteiger partial charge in [-0.2, -0.15) is 0 Å². The Morgan fingerprint density at radius 2 is 2.26 bits per heavy atom. The molecule has 0 saturated heterocycles. The Balaban J connectivity index is 1.86. The molecule has 0 radical (unpaired) electrons. The minimum atomic E-state index is -0.463. The van der Waals surface area contributed by atoms with Gasteiger partial charge in [0.15, 0.2) is 0 Å². The maximum absolute atomic E-state index is 13.4. The zero-order valence-electron chi connectivity index (χ0n) is 11.3. The molecular formula is C15H21FN2O. The number of benzene rings is 1. The molecule has 0 aromatic heterocycles. The molecule has 3 N–H and O–H groups in total. The van der Waals surface area contributed by atoms with Crippen LogP contribution in [0.15, 0.2) is 24.3 Å². The average molecular weight is 264 g/mol. The molecule has 1 saturated carbocycles. The lowest BCUT2D eigenvalue weighted by atomic mass is 9.84. The van der Waals surface area contributed by atoms with E-state index >= 15 is 0 Å². The quantitative estimate of drug-likeness (QED) is 0.874. The van der Waals surface area contributed by atoms with E-state index in [2.05, 4.69) is 5.32 Å². The van der Waals surface area contributed by atoms with E-state index in [0.717, 1.165) is 19.3 Å². The highest BCUT2D eigenvalue weighted by molar-refractivity contribution is 5.83. The van der Waals surface area contributed by atoms with Gasteiger partial charge in [-0.15, -0.1) is 0 Å². The molecule has 1 fully saturated rings. The van der Waals surface area contributed by atoms with Crippen LogP contribution in [0, 0.1) is 11.2 Å². The summed E-state index contributed by atoms with van der Waals surface area (Å²) in [6, 6.07) is 6.57. The monoisotopic (exact) mass is 264 g/mol. The zero-order valence-corrected chi connectivity index (χ0v) is 11.3. The molecule has 0 spiro atoms. The van der Waals surface area contributed by atoms with Crippen LogP contribution in [-0.4, -0.2) is 18.5 Å². The lowest BCUT2D eigenvalue weighted by Crippen LogP contribution is -2.47. The Labute approximate surface area is 113 Å². The third-order valence-corrected chi connectivity index (χ3v) is 4.19. The fourth-order valence-electron chi connectivity index (χ4n) is 2.69. The molecule has 0 aliphatic heterocycles. The van der Waals surface area contributed by atoms with Gasteiger partial charge in [0.25, 0.3) is 0 Å². The van der Waals surface area contributed by atoms with Crippen LogP contribution in [0.3, 0.4) is 0 Å². The second kappa shape index (κ2) is 5.70. The number of amides is 1. The van der Waals surface area contributed by atoms with E-state index in [0.29, 0.717) is 18.5 Å². The van der Waals surface area contributed by atoms with E-state index in [1.807, 2.05) is 6.92 Å². The van der Waals surface area contributed by atoms with E-state index in [1.165, 1.54) is 6.07 Å². The number of hydrogen-bond acceptors (Lipinski definition) is 2. The summed E-state index contributed by atoms with van der Waals surface area (Å²) in [4.78, 5) is 12.2. The molecule has 19 heavy (non-hydrogen) atoms. The van der Waals surface area contributed by atoms with Gasteiger partial charge in [-0.05, 0) is 37.8 Å². The summed E-state index contributed by atoms with van der Waals surface area (Å²) in [5.74, 6) is -0.227. The van der Waals surface area contributed by atoms with Crippen molar-refractivity contribution in [1.29, 1.82) is 0 Å². The standard InChI is InChI=1S/C15H21FN2O/c1-15(9-4-7-13(15)17)14(19)18-10-8-11-5-2-3-6-12(11)16/h2-3,5-6,13H,4,7-10,17H2,1H3,(H,18,19). The number of rotatable bonds is 4. The molecule has 0 bridgehead atoms. The molecule has 0 heterocycles. The fourth-order valence-corrected chi connectivity index (χ4v) is 2.69. The van der Waals surface area contributed by atoms with Gasteiger partial charge >= 0.3 is 0 Å². The predicted octanol–water partition coefficient (Wildman–Crippen LogP) is 2.00. The molecule has 2 unspecified atom stereocenters. The molecule has 104 valence electrons. The Kier molecular flexibility index (Phi) is 4.20. The number of nitrogens with two attached hydrogens (primary N) is 1. The summed E-state index contributed by atoms with van der Waals surface area (Å²) in [7, 11) is 0. The van der Waals surface area contributed by atoms with E-state index in [9.17, 15) is 9.18 Å². The molecule has 1 aliphatic rings. The lowest BCUT2D eigenvalue weighted by molar-refractivity contribution is -0.130. The molecule has 4 heteroatoms. The average Bonchev–Trinajstić information content (AvgIpc) is 2.73. The van der Waals surface area contributed by atoms with E-state index < -0.39 is 5.41 Å². The second-order valence-corrected chi connectivity index (χ2v) is 5.51. The SMILES string of the molecule is CC1(C(=O)NCCc2ccccc2F)CCCC1N. The second-order valence-electron chi connectivity index (χ2n) is 5.51. The molecule has 2 rings (SSSR count). The van der Waals surface area contributed by atoms with E-state index in [1.54, 1.807) is 18.2 Å². The van der Waals surface area contributed by atoms with Gasteiger partial charge < -0.3 is 11.1 Å². The van der Waals surface area contributed by atoms with Crippen LogP contribution in [-0.2, 0) is 11.2 Å². The lowest BCUT2D eigenvalue weighted by Gasteiger charge is -2.27. The number of nitrogens with one attached hydrogen (secondary N) is 1. The van der Waals surface area contributed by atoms with Gasteiger partial charge in [0, 0.05) is 12.6 Å². The van der Waals surface area contributed by atoms with Crippen molar-refractivity contribution in [2.24, 2.45) is 11.1 Å². The normalized spacial score (nSPS) is 26.4. The van der Waals surface area contributed by atoms with Crippen LogP contribution in [0.25, 0.3) is 0 Å². The minimum absolute atomic E-state index is 0.00570. The van der Waals surface area contributed by atoms with Crippen LogP contribution < -0.4 is 11.1 Å². The number of hydrogen-bond donors (Lipinski definition) is 2. The number of carbonyl (C=O) groups excluding carboxylic acids is 1. The smallest absolute Gasteiger partial charge is 0.227 e. The molecule has 1 aromatic carbocycles. The first-order valence-electron chi connectivity index (χ1n) is 6.81. The summed E-state index contributed by atoms with van der Waals surface area (Å²) in [6.07, 6.45) is 3.24. The van der Waals surface area contributed by atoms with Crippen LogP contribution >= 0.6 is 0 Å². The summed E-state index contributed by atoms with van der Waals surface area (Å²) >= 11 is 0. The maximum atomic E-state index is 13.4. The predicted molar refractivity (Wildman–Crippen MR) is 73.0 cm³/mol. The largest absolute Gasteiger partial charge is 0.355 e. The highest BCUT2D eigenvalue weighted by Crippen LogP contribution is 2.36. The van der Waals surface area contributed by atoms with Gasteiger partial charge in [0.2, 0.25) is 5.91 Å². The van der Waals surface area contributed by atoms with Crippen LogP contribution in [0.2, 0.25) is 0 Å². The topological polar surface area (TPSA) is 55.1 Å². The first-order valence-corrected chi connectivity index (χ1v) is 6.81. The van der Waals surface area contributed by atoms with Crippen molar-refractivity contribution >= 4 is 5.91 Å². The Morgan fingerprint density at radius 1 is 1.53 bits per heavy atom. The third kappa shape index (κ3) is 2.95. The van der Waals surface area contributed by atoms with E-state index in [4.69, 9.17) is 5.73 Å². The molecular weight excluding hydrogens is 243 g/mol. The minimum Gasteiger partial charge on any atom is -0.355 e. The van der Waals surface area contributed by atoms with Crippen molar-refractivity contribution in [3.05, 3.63) is 35.6 Å². The van der Waals surface area contributed by atoms with Crippen LogP contribution in [0.4, 0.5) is 4.39 Å². The molecule has 3 nitrogen and oxygen atoms in total. The van der Waals surface area contributed by atoms with Crippen molar-refractivity contribution in [3.8, 4) is 0 Å². The first-order chi connectivity index (χ1) is 9.04. The van der Waals surface area contributed by atoms with Gasteiger partial charge in [0.1, 0.15) is 5.82 Å². The van der Waals surface area contributed by atoms with Crippen molar-refractivity contribution in [2.45, 2.75) is 38.6 Å². The summed E-state index contributed by atoms with van der Waals surface area (Å²) in [6.45, 7) is 2.37. The van der Waals surface area contributed by atoms with Crippen molar-refractivity contribution in [3.63, 3.8) is 0 Å². The van der Waals surface area contributed by atoms with Crippen LogP contribution in [0.5, 0.6) is 0 Å².